The number of carbonyl (C=O) groups excluding carboxylic acids is 1. The van der Waals surface area contributed by atoms with Crippen LogP contribution in [0.3, 0.4) is 0 Å². The lowest BCUT2D eigenvalue weighted by atomic mass is 9.87. The van der Waals surface area contributed by atoms with E-state index >= 15 is 0 Å². The summed E-state index contributed by atoms with van der Waals surface area (Å²) in [7, 11) is 1.76. The number of benzene rings is 1. The third kappa shape index (κ3) is 2.56. The molecule has 2 aliphatic carbocycles. The van der Waals surface area contributed by atoms with E-state index in [9.17, 15) is 13.6 Å². The van der Waals surface area contributed by atoms with Crippen molar-refractivity contribution < 1.29 is 13.6 Å². The van der Waals surface area contributed by atoms with E-state index in [1.54, 1.807) is 18.0 Å². The molecule has 2 saturated carbocycles. The van der Waals surface area contributed by atoms with Gasteiger partial charge in [-0.05, 0) is 55.7 Å². The molecule has 0 aromatic heterocycles. The summed E-state index contributed by atoms with van der Waals surface area (Å²) in [5.74, 6) is -0.188. The Bertz CT molecular complexity index is 560. The minimum absolute atomic E-state index is 0.126. The smallest absolute Gasteiger partial charge is 0.226 e. The van der Waals surface area contributed by atoms with E-state index in [1.165, 1.54) is 18.9 Å². The van der Waals surface area contributed by atoms with Crippen LogP contribution in [0.25, 0.3) is 0 Å². The quantitative estimate of drug-likeness (QED) is 0.827. The largest absolute Gasteiger partial charge is 0.339 e. The summed E-state index contributed by atoms with van der Waals surface area (Å²) in [4.78, 5) is 14.4. The molecule has 0 spiro atoms. The van der Waals surface area contributed by atoms with Gasteiger partial charge in [-0.25, -0.2) is 8.78 Å². The van der Waals surface area contributed by atoms with Crippen LogP contribution >= 0.6 is 0 Å². The second-order valence-electron chi connectivity index (χ2n) is 6.58. The van der Waals surface area contributed by atoms with Crippen molar-refractivity contribution in [2.24, 2.45) is 17.8 Å². The maximum atomic E-state index is 13.3. The van der Waals surface area contributed by atoms with Crippen LogP contribution in [0.4, 0.5) is 8.78 Å². The standard InChI is InChI=1S/C17H21F2NO/c1-10(12-5-6-15(18)16(19)9-12)20(2)17(21)14-8-11-3-4-13(14)7-11/h5-6,9-11,13-14H,3-4,7-8H2,1-2H3. The van der Waals surface area contributed by atoms with E-state index in [0.29, 0.717) is 11.5 Å². The Balaban J connectivity index is 1.73. The lowest BCUT2D eigenvalue weighted by molar-refractivity contribution is -0.137. The summed E-state index contributed by atoms with van der Waals surface area (Å²) in [6.45, 7) is 1.86. The highest BCUT2D eigenvalue weighted by atomic mass is 19.2. The Morgan fingerprint density at radius 3 is 2.57 bits per heavy atom. The molecule has 2 fully saturated rings. The van der Waals surface area contributed by atoms with Crippen molar-refractivity contribution >= 4 is 5.91 Å². The molecule has 0 saturated heterocycles. The topological polar surface area (TPSA) is 20.3 Å². The van der Waals surface area contributed by atoms with Gasteiger partial charge in [-0.3, -0.25) is 4.79 Å². The van der Waals surface area contributed by atoms with Gasteiger partial charge in [0.25, 0.3) is 0 Å². The molecule has 0 aliphatic heterocycles. The zero-order chi connectivity index (χ0) is 15.1. The second kappa shape index (κ2) is 5.39. The number of rotatable bonds is 3. The molecule has 0 radical (unpaired) electrons. The molecule has 0 N–H and O–H groups in total. The van der Waals surface area contributed by atoms with Crippen molar-refractivity contribution in [3.63, 3.8) is 0 Å². The number of fused-ring (bicyclic) bond motifs is 2. The van der Waals surface area contributed by atoms with E-state index in [0.717, 1.165) is 24.8 Å². The van der Waals surface area contributed by atoms with Crippen LogP contribution in [0.15, 0.2) is 18.2 Å². The van der Waals surface area contributed by atoms with Gasteiger partial charge in [-0.2, -0.15) is 0 Å². The van der Waals surface area contributed by atoms with Crippen LogP contribution in [0, 0.1) is 29.4 Å². The molecule has 4 unspecified atom stereocenters. The first-order chi connectivity index (χ1) is 9.97. The number of hydrogen-bond acceptors (Lipinski definition) is 1. The Morgan fingerprint density at radius 1 is 1.24 bits per heavy atom. The predicted molar refractivity (Wildman–Crippen MR) is 76.5 cm³/mol. The van der Waals surface area contributed by atoms with Crippen LogP contribution in [-0.4, -0.2) is 17.9 Å². The first-order valence-electron chi connectivity index (χ1n) is 7.69. The number of nitrogens with zero attached hydrogens (tertiary/aromatic N) is 1. The van der Waals surface area contributed by atoms with Gasteiger partial charge in [-0.1, -0.05) is 12.5 Å². The zero-order valence-corrected chi connectivity index (χ0v) is 12.5. The Morgan fingerprint density at radius 2 is 2.00 bits per heavy atom. The number of carbonyl (C=O) groups is 1. The molecule has 3 rings (SSSR count). The lowest BCUT2D eigenvalue weighted by Gasteiger charge is -2.31. The second-order valence-corrected chi connectivity index (χ2v) is 6.58. The minimum Gasteiger partial charge on any atom is -0.339 e. The SMILES string of the molecule is CC(c1ccc(F)c(F)c1)N(C)C(=O)C1CC2CCC1C2. The zero-order valence-electron chi connectivity index (χ0n) is 12.5. The van der Waals surface area contributed by atoms with Gasteiger partial charge in [0, 0.05) is 13.0 Å². The first-order valence-corrected chi connectivity index (χ1v) is 7.69. The van der Waals surface area contributed by atoms with Gasteiger partial charge in [0.05, 0.1) is 6.04 Å². The molecule has 2 bridgehead atoms. The van der Waals surface area contributed by atoms with Crippen molar-refractivity contribution in [3.05, 3.63) is 35.4 Å². The fraction of sp³-hybridized carbons (Fsp3) is 0.588. The molecule has 2 aliphatic rings. The van der Waals surface area contributed by atoms with Gasteiger partial charge in [0.15, 0.2) is 11.6 Å². The monoisotopic (exact) mass is 293 g/mol. The van der Waals surface area contributed by atoms with E-state index in [4.69, 9.17) is 0 Å². The molecule has 114 valence electrons. The fourth-order valence-corrected chi connectivity index (χ4v) is 4.00. The average Bonchev–Trinajstić information content (AvgIpc) is 3.10. The molecule has 1 amide bonds. The van der Waals surface area contributed by atoms with Crippen LogP contribution < -0.4 is 0 Å². The molecular formula is C17H21F2NO. The Labute approximate surface area is 124 Å². The predicted octanol–water partition coefficient (Wildman–Crippen LogP) is 3.92. The molecular weight excluding hydrogens is 272 g/mol. The van der Waals surface area contributed by atoms with Gasteiger partial charge >= 0.3 is 0 Å². The van der Waals surface area contributed by atoms with E-state index in [-0.39, 0.29) is 17.9 Å². The summed E-state index contributed by atoms with van der Waals surface area (Å²) in [5, 5.41) is 0. The number of halogens is 2. The van der Waals surface area contributed by atoms with Gasteiger partial charge < -0.3 is 4.90 Å². The summed E-state index contributed by atoms with van der Waals surface area (Å²) < 4.78 is 26.4. The van der Waals surface area contributed by atoms with Gasteiger partial charge in [-0.15, -0.1) is 0 Å². The molecule has 0 heterocycles. The van der Waals surface area contributed by atoms with Crippen LogP contribution in [0.1, 0.15) is 44.2 Å². The Kier molecular flexibility index (Phi) is 3.72. The highest BCUT2D eigenvalue weighted by molar-refractivity contribution is 5.80. The average molecular weight is 293 g/mol. The lowest BCUT2D eigenvalue weighted by Crippen LogP contribution is -2.37. The van der Waals surface area contributed by atoms with Gasteiger partial charge in [0.2, 0.25) is 5.91 Å². The van der Waals surface area contributed by atoms with Crippen molar-refractivity contribution in [1.82, 2.24) is 4.90 Å². The maximum absolute atomic E-state index is 13.3. The Hall–Kier alpha value is -1.45. The molecule has 21 heavy (non-hydrogen) atoms. The molecule has 1 aromatic carbocycles. The van der Waals surface area contributed by atoms with Crippen molar-refractivity contribution in [3.8, 4) is 0 Å². The summed E-state index contributed by atoms with van der Waals surface area (Å²) >= 11 is 0. The normalized spacial score (nSPS) is 28.7. The minimum atomic E-state index is -0.861. The molecule has 1 aromatic rings. The summed E-state index contributed by atoms with van der Waals surface area (Å²) in [6.07, 6.45) is 4.60. The van der Waals surface area contributed by atoms with E-state index < -0.39 is 11.6 Å². The van der Waals surface area contributed by atoms with E-state index in [1.807, 2.05) is 6.92 Å². The summed E-state index contributed by atoms with van der Waals surface area (Å²) in [6, 6.07) is 3.61. The third-order valence-corrected chi connectivity index (χ3v) is 5.41. The van der Waals surface area contributed by atoms with Crippen molar-refractivity contribution in [2.75, 3.05) is 7.05 Å². The first kappa shape index (κ1) is 14.5. The van der Waals surface area contributed by atoms with Gasteiger partial charge in [0.1, 0.15) is 0 Å². The molecule has 4 atom stereocenters. The number of hydrogen-bond donors (Lipinski definition) is 0. The molecule has 4 heteroatoms. The third-order valence-electron chi connectivity index (χ3n) is 5.41. The van der Waals surface area contributed by atoms with Crippen LogP contribution in [0.2, 0.25) is 0 Å². The summed E-state index contributed by atoms with van der Waals surface area (Å²) in [5.41, 5.74) is 0.632. The highest BCUT2D eigenvalue weighted by Crippen LogP contribution is 2.49. The van der Waals surface area contributed by atoms with Crippen molar-refractivity contribution in [1.29, 1.82) is 0 Å². The fourth-order valence-electron chi connectivity index (χ4n) is 4.00. The van der Waals surface area contributed by atoms with Crippen molar-refractivity contribution in [2.45, 2.75) is 38.6 Å². The van der Waals surface area contributed by atoms with E-state index in [2.05, 4.69) is 0 Å². The molecule has 2 nitrogen and oxygen atoms in total. The highest BCUT2D eigenvalue weighted by Gasteiger charge is 2.44. The number of amides is 1. The van der Waals surface area contributed by atoms with Crippen LogP contribution in [0.5, 0.6) is 0 Å². The maximum Gasteiger partial charge on any atom is 0.226 e. The van der Waals surface area contributed by atoms with Crippen LogP contribution in [-0.2, 0) is 4.79 Å².